The lowest BCUT2D eigenvalue weighted by Crippen LogP contribution is -2.43. The Labute approximate surface area is 116 Å². The van der Waals surface area contributed by atoms with Gasteiger partial charge in [-0.05, 0) is 65.2 Å². The number of carbonyl (C=O) groups is 1. The average molecular weight is 269 g/mol. The van der Waals surface area contributed by atoms with Crippen LogP contribution in [0.25, 0.3) is 0 Å². The summed E-state index contributed by atoms with van der Waals surface area (Å²) in [4.78, 5) is 13.9. The van der Waals surface area contributed by atoms with E-state index in [1.54, 1.807) is 0 Å². The molecule has 19 heavy (non-hydrogen) atoms. The van der Waals surface area contributed by atoms with E-state index in [4.69, 9.17) is 4.74 Å². The summed E-state index contributed by atoms with van der Waals surface area (Å²) >= 11 is 0. The fraction of sp³-hybridized carbons (Fsp3) is 0.933. The van der Waals surface area contributed by atoms with Crippen molar-refractivity contribution in [2.75, 3.05) is 13.1 Å². The molecule has 0 aromatic heterocycles. The van der Waals surface area contributed by atoms with E-state index in [0.717, 1.165) is 51.6 Å². The molecule has 1 saturated heterocycles. The summed E-state index contributed by atoms with van der Waals surface area (Å²) in [5.74, 6) is 0.519. The molecule has 1 heterocycles. The van der Waals surface area contributed by atoms with Crippen molar-refractivity contribution in [2.45, 2.75) is 70.5 Å². The van der Waals surface area contributed by atoms with Crippen molar-refractivity contribution >= 4 is 6.09 Å². The predicted octanol–water partition coefficient (Wildman–Crippen LogP) is 2.94. The Bertz CT molecular complexity index is 331. The van der Waals surface area contributed by atoms with Crippen LogP contribution in [0.4, 0.5) is 4.79 Å². The number of aliphatic hydroxyl groups is 1. The van der Waals surface area contributed by atoms with Gasteiger partial charge in [0, 0.05) is 13.1 Å². The van der Waals surface area contributed by atoms with E-state index in [1.165, 1.54) is 0 Å². The number of piperidine rings is 1. The summed E-state index contributed by atoms with van der Waals surface area (Å²) in [5, 5.41) is 9.88. The molecule has 1 N–H and O–H groups in total. The van der Waals surface area contributed by atoms with Crippen LogP contribution < -0.4 is 0 Å². The molecule has 0 radical (unpaired) electrons. The lowest BCUT2D eigenvalue weighted by Gasteiger charge is -2.34. The number of hydrogen-bond donors (Lipinski definition) is 1. The first kappa shape index (κ1) is 14.6. The summed E-state index contributed by atoms with van der Waals surface area (Å²) in [6.45, 7) is 7.28. The Hall–Kier alpha value is -0.770. The monoisotopic (exact) mass is 269 g/mol. The fourth-order valence-electron chi connectivity index (χ4n) is 2.66. The zero-order valence-corrected chi connectivity index (χ0v) is 12.4. The summed E-state index contributed by atoms with van der Waals surface area (Å²) in [7, 11) is 0. The fourth-order valence-corrected chi connectivity index (χ4v) is 2.66. The lowest BCUT2D eigenvalue weighted by molar-refractivity contribution is 0.0151. The van der Waals surface area contributed by atoms with E-state index in [1.807, 2.05) is 25.7 Å². The van der Waals surface area contributed by atoms with Crippen molar-refractivity contribution in [3.8, 4) is 0 Å². The molecule has 1 aliphatic carbocycles. The molecule has 1 amide bonds. The second-order valence-electron chi connectivity index (χ2n) is 7.20. The lowest BCUT2D eigenvalue weighted by atomic mass is 9.92. The zero-order valence-electron chi connectivity index (χ0n) is 12.4. The minimum absolute atomic E-state index is 0.192. The van der Waals surface area contributed by atoms with E-state index in [2.05, 4.69) is 0 Å². The van der Waals surface area contributed by atoms with Gasteiger partial charge in [0.2, 0.25) is 0 Å². The molecule has 2 fully saturated rings. The van der Waals surface area contributed by atoms with Gasteiger partial charge in [-0.1, -0.05) is 0 Å². The Kier molecular flexibility index (Phi) is 4.09. The Morgan fingerprint density at radius 3 is 2.68 bits per heavy atom. The molecule has 1 unspecified atom stereocenters. The van der Waals surface area contributed by atoms with E-state index >= 15 is 0 Å². The van der Waals surface area contributed by atoms with Crippen molar-refractivity contribution in [1.82, 2.24) is 4.90 Å². The first-order valence-electron chi connectivity index (χ1n) is 7.48. The number of rotatable bonds is 3. The number of amides is 1. The van der Waals surface area contributed by atoms with Gasteiger partial charge in [-0.3, -0.25) is 0 Å². The van der Waals surface area contributed by atoms with Gasteiger partial charge in [0.05, 0.1) is 5.60 Å². The highest BCUT2D eigenvalue weighted by atomic mass is 16.6. The van der Waals surface area contributed by atoms with Gasteiger partial charge in [0.25, 0.3) is 0 Å². The maximum atomic E-state index is 12.0. The van der Waals surface area contributed by atoms with Crippen LogP contribution in [-0.4, -0.2) is 40.4 Å². The van der Waals surface area contributed by atoms with Crippen molar-refractivity contribution in [3.05, 3.63) is 0 Å². The van der Waals surface area contributed by atoms with Gasteiger partial charge in [0.1, 0.15) is 5.60 Å². The summed E-state index contributed by atoms with van der Waals surface area (Å²) in [6.07, 6.45) is 5.83. The molecule has 4 heteroatoms. The van der Waals surface area contributed by atoms with Gasteiger partial charge >= 0.3 is 6.09 Å². The number of likely N-dealkylation sites (tertiary alicyclic amines) is 1. The molecule has 0 aromatic carbocycles. The van der Waals surface area contributed by atoms with Crippen LogP contribution in [0.3, 0.4) is 0 Å². The SMILES string of the molecule is CC(C)(C)OC(=O)N1CCCC(CCC2(O)CC2)C1. The minimum atomic E-state index is -0.423. The molecule has 0 aromatic rings. The summed E-state index contributed by atoms with van der Waals surface area (Å²) in [6, 6.07) is 0. The number of ether oxygens (including phenoxy) is 1. The highest BCUT2D eigenvalue weighted by Gasteiger charge is 2.40. The van der Waals surface area contributed by atoms with E-state index in [9.17, 15) is 9.90 Å². The third kappa shape index (κ3) is 4.68. The standard InChI is InChI=1S/C15H27NO3/c1-14(2,3)19-13(17)16-10-4-5-12(11-16)6-7-15(18)8-9-15/h12,18H,4-11H2,1-3H3. The normalized spacial score (nSPS) is 26.1. The molecule has 2 rings (SSSR count). The summed E-state index contributed by atoms with van der Waals surface area (Å²) in [5.41, 5.74) is -0.790. The van der Waals surface area contributed by atoms with Crippen LogP contribution in [0.2, 0.25) is 0 Å². The maximum absolute atomic E-state index is 12.0. The highest BCUT2D eigenvalue weighted by Crippen LogP contribution is 2.41. The second-order valence-corrected chi connectivity index (χ2v) is 7.20. The first-order valence-corrected chi connectivity index (χ1v) is 7.48. The third-order valence-corrected chi connectivity index (χ3v) is 4.02. The van der Waals surface area contributed by atoms with E-state index < -0.39 is 5.60 Å². The van der Waals surface area contributed by atoms with Gasteiger partial charge < -0.3 is 14.7 Å². The predicted molar refractivity (Wildman–Crippen MR) is 73.9 cm³/mol. The first-order chi connectivity index (χ1) is 8.77. The van der Waals surface area contributed by atoms with Crippen LogP contribution in [0.5, 0.6) is 0 Å². The Balaban J connectivity index is 1.77. The topological polar surface area (TPSA) is 49.8 Å². The highest BCUT2D eigenvalue weighted by molar-refractivity contribution is 5.68. The molecule has 0 spiro atoms. The van der Waals surface area contributed by atoms with Crippen molar-refractivity contribution in [1.29, 1.82) is 0 Å². The van der Waals surface area contributed by atoms with Gasteiger partial charge in [-0.2, -0.15) is 0 Å². The molecule has 1 atom stereocenters. The van der Waals surface area contributed by atoms with E-state index in [0.29, 0.717) is 5.92 Å². The number of carbonyl (C=O) groups excluding carboxylic acids is 1. The van der Waals surface area contributed by atoms with Crippen molar-refractivity contribution in [3.63, 3.8) is 0 Å². The van der Waals surface area contributed by atoms with Crippen LogP contribution >= 0.6 is 0 Å². The largest absolute Gasteiger partial charge is 0.444 e. The van der Waals surface area contributed by atoms with Gasteiger partial charge in [-0.15, -0.1) is 0 Å². The quantitative estimate of drug-likeness (QED) is 0.857. The zero-order chi connectivity index (χ0) is 14.1. The van der Waals surface area contributed by atoms with Crippen LogP contribution in [0.15, 0.2) is 0 Å². The van der Waals surface area contributed by atoms with Gasteiger partial charge in [-0.25, -0.2) is 4.79 Å². The Morgan fingerprint density at radius 1 is 1.42 bits per heavy atom. The Morgan fingerprint density at radius 2 is 2.11 bits per heavy atom. The number of nitrogens with zero attached hydrogens (tertiary/aromatic N) is 1. The minimum Gasteiger partial charge on any atom is -0.444 e. The van der Waals surface area contributed by atoms with E-state index in [-0.39, 0.29) is 11.7 Å². The molecule has 1 aliphatic heterocycles. The number of hydrogen-bond acceptors (Lipinski definition) is 3. The third-order valence-electron chi connectivity index (χ3n) is 4.02. The average Bonchev–Trinajstić information content (AvgIpc) is 3.04. The smallest absolute Gasteiger partial charge is 0.410 e. The molecular formula is C15H27NO3. The second kappa shape index (κ2) is 5.31. The van der Waals surface area contributed by atoms with Crippen molar-refractivity contribution < 1.29 is 14.6 Å². The molecule has 1 saturated carbocycles. The molecule has 2 aliphatic rings. The molecule has 4 nitrogen and oxygen atoms in total. The van der Waals surface area contributed by atoms with Crippen molar-refractivity contribution in [2.24, 2.45) is 5.92 Å². The molecular weight excluding hydrogens is 242 g/mol. The van der Waals surface area contributed by atoms with Crippen LogP contribution in [-0.2, 0) is 4.74 Å². The molecule has 0 bridgehead atoms. The summed E-state index contributed by atoms with van der Waals surface area (Å²) < 4.78 is 5.42. The van der Waals surface area contributed by atoms with Crippen LogP contribution in [0, 0.1) is 5.92 Å². The van der Waals surface area contributed by atoms with Crippen LogP contribution in [0.1, 0.15) is 59.3 Å². The maximum Gasteiger partial charge on any atom is 0.410 e. The van der Waals surface area contributed by atoms with Gasteiger partial charge in [0.15, 0.2) is 0 Å². The molecule has 110 valence electrons.